The quantitative estimate of drug-likeness (QED) is 0.871. The molecule has 3 atom stereocenters. The van der Waals surface area contributed by atoms with Crippen LogP contribution in [0, 0.1) is 11.8 Å². The number of fused-ring (bicyclic) bond motifs is 2. The molecule has 146 valence electrons. The number of aromatic nitrogens is 2. The SMILES string of the molecule is CC[C@H](C)[C@]1(OC)NC(=O)[C@H](C(C)C)n2c1nc1ccc(OC)cc1c2=O. The summed E-state index contributed by atoms with van der Waals surface area (Å²) in [6, 6.07) is 4.54. The van der Waals surface area contributed by atoms with Crippen LogP contribution in [0.1, 0.15) is 46.0 Å². The molecule has 0 saturated carbocycles. The van der Waals surface area contributed by atoms with Crippen molar-refractivity contribution in [3.8, 4) is 5.75 Å². The predicted octanol–water partition coefficient (Wildman–Crippen LogP) is 2.58. The third-order valence-corrected chi connectivity index (χ3v) is 5.56. The fraction of sp³-hybridized carbons (Fsp3) is 0.550. The van der Waals surface area contributed by atoms with E-state index in [0.717, 1.165) is 6.42 Å². The Balaban J connectivity index is 2.44. The number of benzene rings is 1. The first-order chi connectivity index (χ1) is 12.8. The van der Waals surface area contributed by atoms with Crippen molar-refractivity contribution in [2.75, 3.05) is 14.2 Å². The van der Waals surface area contributed by atoms with E-state index in [-0.39, 0.29) is 23.3 Å². The second kappa shape index (κ2) is 6.96. The van der Waals surface area contributed by atoms with Gasteiger partial charge in [0.15, 0.2) is 5.82 Å². The van der Waals surface area contributed by atoms with Gasteiger partial charge in [-0.1, -0.05) is 27.7 Å². The number of carbonyl (C=O) groups is 1. The second-order valence-electron chi connectivity index (χ2n) is 7.42. The number of rotatable bonds is 5. The molecule has 1 aliphatic heterocycles. The van der Waals surface area contributed by atoms with Gasteiger partial charge in [0.2, 0.25) is 11.6 Å². The Morgan fingerprint density at radius 2 is 1.96 bits per heavy atom. The van der Waals surface area contributed by atoms with Gasteiger partial charge < -0.3 is 14.8 Å². The number of carbonyl (C=O) groups excluding carboxylic acids is 1. The highest BCUT2D eigenvalue weighted by Gasteiger charge is 2.50. The standard InChI is InChI=1S/C20H27N3O4/c1-7-12(4)20(27-6)19-21-15-9-8-13(26-5)10-14(15)18(25)23(19)16(11(2)3)17(24)22-20/h8-12,16H,7H2,1-6H3,(H,22,24)/t12-,16-,20+/m0/s1. The minimum Gasteiger partial charge on any atom is -0.497 e. The van der Waals surface area contributed by atoms with Crippen molar-refractivity contribution in [1.82, 2.24) is 14.9 Å². The van der Waals surface area contributed by atoms with Crippen molar-refractivity contribution in [2.45, 2.75) is 45.9 Å². The van der Waals surface area contributed by atoms with Crippen LogP contribution in [0.25, 0.3) is 10.9 Å². The van der Waals surface area contributed by atoms with Crippen LogP contribution in [0.4, 0.5) is 0 Å². The van der Waals surface area contributed by atoms with Gasteiger partial charge >= 0.3 is 0 Å². The molecule has 0 saturated heterocycles. The van der Waals surface area contributed by atoms with E-state index >= 15 is 0 Å². The summed E-state index contributed by atoms with van der Waals surface area (Å²) in [5, 5.41) is 3.45. The van der Waals surface area contributed by atoms with E-state index in [1.54, 1.807) is 25.3 Å². The highest BCUT2D eigenvalue weighted by Crippen LogP contribution is 2.38. The van der Waals surface area contributed by atoms with Gasteiger partial charge in [0.1, 0.15) is 11.8 Å². The molecule has 2 heterocycles. The van der Waals surface area contributed by atoms with Crippen LogP contribution in [0.5, 0.6) is 5.75 Å². The molecule has 0 fully saturated rings. The molecule has 0 spiro atoms. The monoisotopic (exact) mass is 373 g/mol. The molecule has 1 N–H and O–H groups in total. The molecule has 1 aliphatic rings. The van der Waals surface area contributed by atoms with Gasteiger partial charge in [-0.05, 0) is 30.5 Å². The number of nitrogens with zero attached hydrogens (tertiary/aromatic N) is 2. The Morgan fingerprint density at radius 3 is 2.52 bits per heavy atom. The van der Waals surface area contributed by atoms with Crippen LogP contribution >= 0.6 is 0 Å². The molecule has 1 aromatic carbocycles. The lowest BCUT2D eigenvalue weighted by atomic mass is 9.88. The zero-order valence-electron chi connectivity index (χ0n) is 16.7. The lowest BCUT2D eigenvalue weighted by molar-refractivity contribution is -0.154. The van der Waals surface area contributed by atoms with Crippen LogP contribution in [-0.4, -0.2) is 29.7 Å². The zero-order valence-corrected chi connectivity index (χ0v) is 16.7. The average molecular weight is 373 g/mol. The predicted molar refractivity (Wildman–Crippen MR) is 103 cm³/mol. The Bertz CT molecular complexity index is 937. The van der Waals surface area contributed by atoms with E-state index in [9.17, 15) is 9.59 Å². The lowest BCUT2D eigenvalue weighted by Gasteiger charge is -2.44. The van der Waals surface area contributed by atoms with Crippen LogP contribution in [0.3, 0.4) is 0 Å². The maximum atomic E-state index is 13.4. The fourth-order valence-electron chi connectivity index (χ4n) is 3.83. The van der Waals surface area contributed by atoms with Crippen molar-refractivity contribution >= 4 is 16.8 Å². The van der Waals surface area contributed by atoms with Gasteiger partial charge in [0.25, 0.3) is 5.56 Å². The van der Waals surface area contributed by atoms with Crippen molar-refractivity contribution < 1.29 is 14.3 Å². The van der Waals surface area contributed by atoms with Gasteiger partial charge in [-0.2, -0.15) is 0 Å². The molecular formula is C20H27N3O4. The minimum atomic E-state index is -1.15. The van der Waals surface area contributed by atoms with Crippen molar-refractivity contribution in [1.29, 1.82) is 0 Å². The van der Waals surface area contributed by atoms with Crippen LogP contribution in [0.2, 0.25) is 0 Å². The molecule has 7 nitrogen and oxygen atoms in total. The van der Waals surface area contributed by atoms with Crippen LogP contribution in [0.15, 0.2) is 23.0 Å². The van der Waals surface area contributed by atoms with Gasteiger partial charge in [0.05, 0.1) is 18.0 Å². The molecule has 2 aromatic rings. The summed E-state index contributed by atoms with van der Waals surface area (Å²) in [5.41, 5.74) is -0.854. The van der Waals surface area contributed by atoms with E-state index in [1.807, 2.05) is 27.7 Å². The molecule has 7 heteroatoms. The summed E-state index contributed by atoms with van der Waals surface area (Å²) < 4.78 is 12.6. The molecule has 0 bridgehead atoms. The van der Waals surface area contributed by atoms with E-state index in [4.69, 9.17) is 14.5 Å². The normalized spacial score (nSPS) is 23.2. The van der Waals surface area contributed by atoms with Gasteiger partial charge in [-0.15, -0.1) is 0 Å². The van der Waals surface area contributed by atoms with Crippen LogP contribution < -0.4 is 15.6 Å². The Morgan fingerprint density at radius 1 is 1.26 bits per heavy atom. The van der Waals surface area contributed by atoms with Crippen molar-refractivity contribution in [2.24, 2.45) is 11.8 Å². The molecule has 27 heavy (non-hydrogen) atoms. The first-order valence-electron chi connectivity index (χ1n) is 9.28. The summed E-state index contributed by atoms with van der Waals surface area (Å²) in [4.78, 5) is 31.2. The molecule has 0 unspecified atom stereocenters. The molecular weight excluding hydrogens is 346 g/mol. The van der Waals surface area contributed by atoms with Crippen molar-refractivity contribution in [3.63, 3.8) is 0 Å². The molecule has 1 aromatic heterocycles. The largest absolute Gasteiger partial charge is 0.497 e. The van der Waals surface area contributed by atoms with E-state index < -0.39 is 11.8 Å². The lowest BCUT2D eigenvalue weighted by Crippen LogP contribution is -2.62. The van der Waals surface area contributed by atoms with Crippen LogP contribution in [-0.2, 0) is 15.3 Å². The average Bonchev–Trinajstić information content (AvgIpc) is 2.66. The Labute approximate surface area is 158 Å². The topological polar surface area (TPSA) is 82.4 Å². The summed E-state index contributed by atoms with van der Waals surface area (Å²) in [7, 11) is 3.09. The smallest absolute Gasteiger partial charge is 0.262 e. The van der Waals surface area contributed by atoms with E-state index in [0.29, 0.717) is 22.5 Å². The summed E-state index contributed by atoms with van der Waals surface area (Å²) in [6.07, 6.45) is 0.747. The van der Waals surface area contributed by atoms with E-state index in [2.05, 4.69) is 5.32 Å². The highest BCUT2D eigenvalue weighted by molar-refractivity contribution is 5.85. The fourth-order valence-corrected chi connectivity index (χ4v) is 3.83. The third-order valence-electron chi connectivity index (χ3n) is 5.56. The van der Waals surface area contributed by atoms with Crippen molar-refractivity contribution in [3.05, 3.63) is 34.4 Å². The zero-order chi connectivity index (χ0) is 19.9. The highest BCUT2D eigenvalue weighted by atomic mass is 16.5. The maximum absolute atomic E-state index is 13.4. The molecule has 3 rings (SSSR count). The van der Waals surface area contributed by atoms with Gasteiger partial charge in [-0.3, -0.25) is 14.2 Å². The molecule has 0 aliphatic carbocycles. The Hall–Kier alpha value is -2.41. The van der Waals surface area contributed by atoms with Gasteiger partial charge in [0, 0.05) is 13.0 Å². The number of methoxy groups -OCH3 is 2. The molecule has 1 amide bonds. The van der Waals surface area contributed by atoms with E-state index in [1.165, 1.54) is 11.7 Å². The minimum absolute atomic E-state index is 0.0755. The van der Waals surface area contributed by atoms with Gasteiger partial charge in [-0.25, -0.2) is 4.98 Å². The summed E-state index contributed by atoms with van der Waals surface area (Å²) >= 11 is 0. The maximum Gasteiger partial charge on any atom is 0.262 e. The first-order valence-corrected chi connectivity index (χ1v) is 9.28. The molecule has 0 radical (unpaired) electrons. The first kappa shape index (κ1) is 19.4. The number of amides is 1. The number of nitrogens with one attached hydrogen (secondary N) is 1. The third kappa shape index (κ3) is 2.81. The number of ether oxygens (including phenoxy) is 2. The summed E-state index contributed by atoms with van der Waals surface area (Å²) in [5.74, 6) is 0.626. The second-order valence-corrected chi connectivity index (χ2v) is 7.42. The number of hydrogen-bond acceptors (Lipinski definition) is 5. The Kier molecular flexibility index (Phi) is 4.99. The summed E-state index contributed by atoms with van der Waals surface area (Å²) in [6.45, 7) is 7.83. The number of hydrogen-bond donors (Lipinski definition) is 1.